The van der Waals surface area contributed by atoms with E-state index >= 15 is 0 Å². The van der Waals surface area contributed by atoms with Crippen LogP contribution in [0.2, 0.25) is 0 Å². The molecule has 1 fully saturated rings. The minimum atomic E-state index is 0.898. The lowest BCUT2D eigenvalue weighted by atomic mass is 9.71. The summed E-state index contributed by atoms with van der Waals surface area (Å²) < 4.78 is 0. The van der Waals surface area contributed by atoms with E-state index in [0.717, 1.165) is 24.3 Å². The highest BCUT2D eigenvalue weighted by Gasteiger charge is 2.29. The fourth-order valence-corrected chi connectivity index (χ4v) is 4.13. The molecule has 1 nitrogen and oxygen atoms in total. The largest absolute Gasteiger partial charge is 0.317 e. The van der Waals surface area contributed by atoms with Crippen molar-refractivity contribution in [1.82, 2.24) is 5.32 Å². The summed E-state index contributed by atoms with van der Waals surface area (Å²) in [4.78, 5) is 1.58. The molecule has 1 heterocycles. The fourth-order valence-electron chi connectivity index (χ4n) is 3.33. The lowest BCUT2D eigenvalue weighted by Crippen LogP contribution is -2.34. The first-order valence-corrected chi connectivity index (χ1v) is 8.44. The van der Waals surface area contributed by atoms with Crippen molar-refractivity contribution in [2.75, 3.05) is 13.1 Å². The zero-order valence-corrected chi connectivity index (χ0v) is 12.6. The Balaban J connectivity index is 1.94. The predicted octanol–water partition coefficient (Wildman–Crippen LogP) is 4.34. The van der Waals surface area contributed by atoms with Crippen molar-refractivity contribution in [2.24, 2.45) is 17.8 Å². The summed E-state index contributed by atoms with van der Waals surface area (Å²) >= 11 is 1.93. The van der Waals surface area contributed by atoms with Crippen LogP contribution in [-0.2, 0) is 6.42 Å². The van der Waals surface area contributed by atoms with E-state index in [9.17, 15) is 0 Å². The monoisotopic (exact) mass is 265 g/mol. The van der Waals surface area contributed by atoms with Crippen molar-refractivity contribution in [3.8, 4) is 0 Å². The molecule has 1 saturated carbocycles. The summed E-state index contributed by atoms with van der Waals surface area (Å²) in [7, 11) is 0. The normalized spacial score (nSPS) is 28.4. The molecular weight excluding hydrogens is 238 g/mol. The van der Waals surface area contributed by atoms with E-state index in [0.29, 0.717) is 0 Å². The average molecular weight is 265 g/mol. The van der Waals surface area contributed by atoms with Crippen LogP contribution in [0.3, 0.4) is 0 Å². The van der Waals surface area contributed by atoms with Crippen LogP contribution in [0.5, 0.6) is 0 Å². The SMILES string of the molecule is CCNCC1CCC(CC)CC1Cc1cccs1. The van der Waals surface area contributed by atoms with Gasteiger partial charge in [0.1, 0.15) is 0 Å². The Labute approximate surface area is 116 Å². The Morgan fingerprint density at radius 3 is 2.83 bits per heavy atom. The van der Waals surface area contributed by atoms with Gasteiger partial charge in [0.25, 0.3) is 0 Å². The number of hydrogen-bond acceptors (Lipinski definition) is 2. The Kier molecular flexibility index (Phi) is 5.71. The van der Waals surface area contributed by atoms with Gasteiger partial charge in [0.15, 0.2) is 0 Å². The van der Waals surface area contributed by atoms with Crippen molar-refractivity contribution < 1.29 is 0 Å². The van der Waals surface area contributed by atoms with Crippen LogP contribution in [0.1, 0.15) is 44.4 Å². The third-order valence-corrected chi connectivity index (χ3v) is 5.42. The topological polar surface area (TPSA) is 12.0 Å². The molecule has 1 aliphatic rings. The van der Waals surface area contributed by atoms with Gasteiger partial charge in [0, 0.05) is 4.88 Å². The molecule has 2 heteroatoms. The highest BCUT2D eigenvalue weighted by Crippen LogP contribution is 2.37. The van der Waals surface area contributed by atoms with Crippen molar-refractivity contribution in [3.05, 3.63) is 22.4 Å². The number of hydrogen-bond donors (Lipinski definition) is 1. The fraction of sp³-hybridized carbons (Fsp3) is 0.750. The maximum atomic E-state index is 3.56. The zero-order valence-electron chi connectivity index (χ0n) is 11.8. The van der Waals surface area contributed by atoms with E-state index in [2.05, 4.69) is 36.7 Å². The second-order valence-corrected chi connectivity index (χ2v) is 6.73. The molecule has 0 bridgehead atoms. The number of rotatable bonds is 6. The van der Waals surface area contributed by atoms with Gasteiger partial charge in [-0.1, -0.05) is 32.8 Å². The van der Waals surface area contributed by atoms with E-state index < -0.39 is 0 Å². The Bertz CT molecular complexity index is 320. The average Bonchev–Trinajstić information content (AvgIpc) is 2.90. The highest BCUT2D eigenvalue weighted by atomic mass is 32.1. The van der Waals surface area contributed by atoms with Crippen LogP contribution in [0.15, 0.2) is 17.5 Å². The third-order valence-electron chi connectivity index (χ3n) is 4.53. The molecule has 0 radical (unpaired) electrons. The second-order valence-electron chi connectivity index (χ2n) is 5.70. The van der Waals surface area contributed by atoms with Gasteiger partial charge in [-0.25, -0.2) is 0 Å². The molecular formula is C16H27NS. The summed E-state index contributed by atoms with van der Waals surface area (Å²) in [5, 5.41) is 5.78. The van der Waals surface area contributed by atoms with Crippen LogP contribution in [-0.4, -0.2) is 13.1 Å². The molecule has 18 heavy (non-hydrogen) atoms. The molecule has 0 spiro atoms. The van der Waals surface area contributed by atoms with Gasteiger partial charge in [0.05, 0.1) is 0 Å². The summed E-state index contributed by atoms with van der Waals surface area (Å²) in [6.07, 6.45) is 7.01. The molecule has 0 aliphatic heterocycles. The van der Waals surface area contributed by atoms with Crippen LogP contribution in [0.4, 0.5) is 0 Å². The van der Waals surface area contributed by atoms with Crippen molar-refractivity contribution in [3.63, 3.8) is 0 Å². The molecule has 2 rings (SSSR count). The number of nitrogens with one attached hydrogen (secondary N) is 1. The lowest BCUT2D eigenvalue weighted by molar-refractivity contribution is 0.172. The third kappa shape index (κ3) is 3.83. The summed E-state index contributed by atoms with van der Waals surface area (Å²) in [6.45, 7) is 6.91. The quantitative estimate of drug-likeness (QED) is 0.806. The Morgan fingerprint density at radius 2 is 2.17 bits per heavy atom. The summed E-state index contributed by atoms with van der Waals surface area (Å²) in [5.41, 5.74) is 0. The van der Waals surface area contributed by atoms with Crippen molar-refractivity contribution >= 4 is 11.3 Å². The molecule has 0 saturated heterocycles. The van der Waals surface area contributed by atoms with Crippen molar-refractivity contribution in [2.45, 2.75) is 46.0 Å². The smallest absolute Gasteiger partial charge is 0.00480 e. The molecule has 3 atom stereocenters. The molecule has 102 valence electrons. The summed E-state index contributed by atoms with van der Waals surface area (Å²) in [6, 6.07) is 4.50. The maximum Gasteiger partial charge on any atom is 0.00480 e. The van der Waals surface area contributed by atoms with Gasteiger partial charge in [-0.3, -0.25) is 0 Å². The molecule has 1 N–H and O–H groups in total. The minimum Gasteiger partial charge on any atom is -0.317 e. The zero-order chi connectivity index (χ0) is 12.8. The van der Waals surface area contributed by atoms with Crippen LogP contribution < -0.4 is 5.32 Å². The van der Waals surface area contributed by atoms with E-state index in [4.69, 9.17) is 0 Å². The minimum absolute atomic E-state index is 0.898. The number of thiophene rings is 1. The van der Waals surface area contributed by atoms with E-state index in [1.807, 2.05) is 11.3 Å². The second kappa shape index (κ2) is 7.30. The molecule has 1 aliphatic carbocycles. The molecule has 1 aromatic rings. The first-order chi connectivity index (χ1) is 8.83. The highest BCUT2D eigenvalue weighted by molar-refractivity contribution is 7.09. The van der Waals surface area contributed by atoms with Gasteiger partial charge >= 0.3 is 0 Å². The van der Waals surface area contributed by atoms with Crippen LogP contribution in [0.25, 0.3) is 0 Å². The predicted molar refractivity (Wildman–Crippen MR) is 81.2 cm³/mol. The molecule has 1 aromatic heterocycles. The Hall–Kier alpha value is -0.340. The van der Waals surface area contributed by atoms with Gasteiger partial charge < -0.3 is 5.32 Å². The van der Waals surface area contributed by atoms with E-state index in [-0.39, 0.29) is 0 Å². The maximum absolute atomic E-state index is 3.56. The standard InChI is InChI=1S/C16H27NS/c1-3-13-7-8-14(12-17-4-2)15(10-13)11-16-6-5-9-18-16/h5-6,9,13-15,17H,3-4,7-8,10-12H2,1-2H3. The molecule has 0 amide bonds. The molecule has 3 unspecified atom stereocenters. The van der Waals surface area contributed by atoms with E-state index in [1.54, 1.807) is 4.88 Å². The Morgan fingerprint density at radius 1 is 1.28 bits per heavy atom. The van der Waals surface area contributed by atoms with Gasteiger partial charge in [-0.2, -0.15) is 0 Å². The first-order valence-electron chi connectivity index (χ1n) is 7.56. The van der Waals surface area contributed by atoms with Gasteiger partial charge in [0.2, 0.25) is 0 Å². The molecule has 0 aromatic carbocycles. The van der Waals surface area contributed by atoms with Gasteiger partial charge in [-0.15, -0.1) is 11.3 Å². The van der Waals surface area contributed by atoms with Gasteiger partial charge in [-0.05, 0) is 61.6 Å². The first kappa shape index (κ1) is 14.1. The van der Waals surface area contributed by atoms with Crippen LogP contribution in [0, 0.1) is 17.8 Å². The van der Waals surface area contributed by atoms with E-state index in [1.165, 1.54) is 38.6 Å². The summed E-state index contributed by atoms with van der Waals surface area (Å²) in [5.74, 6) is 2.78. The lowest BCUT2D eigenvalue weighted by Gasteiger charge is -2.36. The van der Waals surface area contributed by atoms with Crippen LogP contribution >= 0.6 is 11.3 Å². The van der Waals surface area contributed by atoms with Crippen molar-refractivity contribution in [1.29, 1.82) is 0 Å².